The zero-order valence-corrected chi connectivity index (χ0v) is 14.5. The van der Waals surface area contributed by atoms with Crippen molar-refractivity contribution in [2.45, 2.75) is 26.9 Å². The summed E-state index contributed by atoms with van der Waals surface area (Å²) in [6.07, 6.45) is 3.76. The molecule has 0 fully saturated rings. The quantitative estimate of drug-likeness (QED) is 0.725. The minimum Gasteiger partial charge on any atom is -0.350 e. The number of aryl methyl sites for hydroxylation is 2. The molecular formula is C17H19N5OS. The van der Waals surface area contributed by atoms with Gasteiger partial charge in [0.05, 0.1) is 0 Å². The summed E-state index contributed by atoms with van der Waals surface area (Å²) in [5, 5.41) is 7.26. The van der Waals surface area contributed by atoms with Crippen LogP contribution in [-0.4, -0.2) is 25.0 Å². The average Bonchev–Trinajstić information content (AvgIpc) is 3.16. The highest BCUT2D eigenvalue weighted by Gasteiger charge is 2.11. The lowest BCUT2D eigenvalue weighted by molar-refractivity contribution is -0.122. The summed E-state index contributed by atoms with van der Waals surface area (Å²) in [5.41, 5.74) is 2.26. The van der Waals surface area contributed by atoms with Crippen LogP contribution in [0.2, 0.25) is 0 Å². The minimum atomic E-state index is -0.121. The standard InChI is InChI=1S/C17H19N5OS/c1-13-5-7-15(8-6-13)11-18-16(23)12-21-17(24)22(14(2)19-21)20-9-3-4-10-20/h3-10H,11-12H2,1-2H3,(H,18,23). The van der Waals surface area contributed by atoms with Gasteiger partial charge in [0.25, 0.3) is 0 Å². The highest BCUT2D eigenvalue weighted by molar-refractivity contribution is 7.71. The Morgan fingerprint density at radius 3 is 2.50 bits per heavy atom. The van der Waals surface area contributed by atoms with Crippen LogP contribution in [0.15, 0.2) is 48.8 Å². The van der Waals surface area contributed by atoms with E-state index in [4.69, 9.17) is 12.2 Å². The van der Waals surface area contributed by atoms with Gasteiger partial charge in [0.15, 0.2) is 0 Å². The second-order valence-corrected chi connectivity index (χ2v) is 5.99. The number of carbonyl (C=O) groups is 1. The fourth-order valence-corrected chi connectivity index (χ4v) is 2.77. The predicted octanol–water partition coefficient (Wildman–Crippen LogP) is 2.46. The normalized spacial score (nSPS) is 10.8. The number of nitrogens with one attached hydrogen (secondary N) is 1. The summed E-state index contributed by atoms with van der Waals surface area (Å²) in [7, 11) is 0. The number of carbonyl (C=O) groups excluding carboxylic acids is 1. The van der Waals surface area contributed by atoms with Crippen molar-refractivity contribution in [3.63, 3.8) is 0 Å². The second-order valence-electron chi connectivity index (χ2n) is 5.62. The maximum atomic E-state index is 12.2. The summed E-state index contributed by atoms with van der Waals surface area (Å²) in [5.74, 6) is 0.603. The van der Waals surface area contributed by atoms with Gasteiger partial charge in [-0.1, -0.05) is 29.8 Å². The highest BCUT2D eigenvalue weighted by atomic mass is 32.1. The molecule has 0 aliphatic rings. The zero-order valence-electron chi connectivity index (χ0n) is 13.6. The summed E-state index contributed by atoms with van der Waals surface area (Å²) in [4.78, 5) is 12.2. The molecule has 2 aromatic heterocycles. The zero-order chi connectivity index (χ0) is 17.1. The van der Waals surface area contributed by atoms with Crippen LogP contribution in [0.4, 0.5) is 0 Å². The van der Waals surface area contributed by atoms with Crippen LogP contribution in [0, 0.1) is 18.6 Å². The Hall–Kier alpha value is -2.67. The third-order valence-corrected chi connectivity index (χ3v) is 4.08. The van der Waals surface area contributed by atoms with Gasteiger partial charge < -0.3 is 5.32 Å². The molecule has 0 saturated carbocycles. The molecule has 7 heteroatoms. The van der Waals surface area contributed by atoms with E-state index in [1.165, 1.54) is 10.2 Å². The first-order valence-electron chi connectivity index (χ1n) is 7.67. The third-order valence-electron chi connectivity index (χ3n) is 3.70. The SMILES string of the molecule is Cc1ccc(CNC(=O)Cn2nc(C)n(-n3cccc3)c2=S)cc1. The third kappa shape index (κ3) is 3.46. The Kier molecular flexibility index (Phi) is 4.61. The molecule has 0 aliphatic carbocycles. The van der Waals surface area contributed by atoms with Gasteiger partial charge in [0, 0.05) is 18.9 Å². The Morgan fingerprint density at radius 2 is 1.83 bits per heavy atom. The molecule has 0 radical (unpaired) electrons. The largest absolute Gasteiger partial charge is 0.350 e. The molecule has 24 heavy (non-hydrogen) atoms. The summed E-state index contributed by atoms with van der Waals surface area (Å²) in [6, 6.07) is 11.9. The van der Waals surface area contributed by atoms with Gasteiger partial charge in [-0.15, -0.1) is 0 Å². The number of aromatic nitrogens is 4. The first kappa shape index (κ1) is 16.2. The van der Waals surface area contributed by atoms with Crippen molar-refractivity contribution < 1.29 is 4.79 Å². The number of nitrogens with zero attached hydrogens (tertiary/aromatic N) is 4. The molecule has 0 spiro atoms. The van der Waals surface area contributed by atoms with Crippen LogP contribution in [0.1, 0.15) is 17.0 Å². The molecule has 0 bridgehead atoms. The summed E-state index contributed by atoms with van der Waals surface area (Å²) < 4.78 is 5.64. The van der Waals surface area contributed by atoms with Gasteiger partial charge in [-0.2, -0.15) is 5.10 Å². The Labute approximate surface area is 145 Å². The first-order valence-corrected chi connectivity index (χ1v) is 8.08. The molecular weight excluding hydrogens is 322 g/mol. The van der Waals surface area contributed by atoms with E-state index in [1.54, 1.807) is 4.68 Å². The molecule has 0 atom stereocenters. The molecule has 1 amide bonds. The number of benzene rings is 1. The van der Waals surface area contributed by atoms with Gasteiger partial charge in [0.2, 0.25) is 10.7 Å². The lowest BCUT2D eigenvalue weighted by Gasteiger charge is -2.06. The molecule has 1 N–H and O–H groups in total. The molecule has 1 aromatic carbocycles. The molecule has 0 saturated heterocycles. The lowest BCUT2D eigenvalue weighted by Crippen LogP contribution is -2.27. The molecule has 0 aliphatic heterocycles. The monoisotopic (exact) mass is 341 g/mol. The van der Waals surface area contributed by atoms with Crippen LogP contribution in [0.5, 0.6) is 0 Å². The van der Waals surface area contributed by atoms with Gasteiger partial charge in [-0.3, -0.25) is 9.47 Å². The predicted molar refractivity (Wildman–Crippen MR) is 94.0 cm³/mol. The van der Waals surface area contributed by atoms with Crippen molar-refractivity contribution in [1.82, 2.24) is 24.4 Å². The average molecular weight is 341 g/mol. The number of amides is 1. The van der Waals surface area contributed by atoms with Crippen molar-refractivity contribution in [3.8, 4) is 0 Å². The first-order chi connectivity index (χ1) is 11.5. The van der Waals surface area contributed by atoms with E-state index < -0.39 is 0 Å². The summed E-state index contributed by atoms with van der Waals surface area (Å²) >= 11 is 5.43. The second kappa shape index (κ2) is 6.84. The fourth-order valence-electron chi connectivity index (χ4n) is 2.43. The van der Waals surface area contributed by atoms with Gasteiger partial charge in [0.1, 0.15) is 12.4 Å². The van der Waals surface area contributed by atoms with E-state index in [0.717, 1.165) is 11.4 Å². The molecule has 3 rings (SSSR count). The maximum absolute atomic E-state index is 12.2. The minimum absolute atomic E-state index is 0.0970. The Balaban J connectivity index is 1.68. The topological polar surface area (TPSA) is 56.8 Å². The number of hydrogen-bond donors (Lipinski definition) is 1. The Bertz CT molecular complexity index is 890. The van der Waals surface area contributed by atoms with Crippen molar-refractivity contribution in [2.24, 2.45) is 0 Å². The smallest absolute Gasteiger partial charge is 0.242 e. The lowest BCUT2D eigenvalue weighted by atomic mass is 10.1. The van der Waals surface area contributed by atoms with E-state index in [0.29, 0.717) is 11.3 Å². The van der Waals surface area contributed by atoms with Crippen LogP contribution >= 0.6 is 12.2 Å². The number of hydrogen-bond acceptors (Lipinski definition) is 3. The molecule has 6 nitrogen and oxygen atoms in total. The van der Waals surface area contributed by atoms with Crippen LogP contribution in [-0.2, 0) is 17.9 Å². The Morgan fingerprint density at radius 1 is 1.17 bits per heavy atom. The van der Waals surface area contributed by atoms with Crippen LogP contribution in [0.3, 0.4) is 0 Å². The number of rotatable bonds is 5. The van der Waals surface area contributed by atoms with Gasteiger partial charge in [-0.25, -0.2) is 9.36 Å². The molecule has 0 unspecified atom stereocenters. The van der Waals surface area contributed by atoms with E-state index in [9.17, 15) is 4.79 Å². The van der Waals surface area contributed by atoms with Crippen LogP contribution in [0.25, 0.3) is 0 Å². The molecule has 2 heterocycles. The van der Waals surface area contributed by atoms with E-state index in [1.807, 2.05) is 67.3 Å². The van der Waals surface area contributed by atoms with Gasteiger partial charge >= 0.3 is 0 Å². The maximum Gasteiger partial charge on any atom is 0.242 e. The van der Waals surface area contributed by atoms with E-state index in [2.05, 4.69) is 10.4 Å². The highest BCUT2D eigenvalue weighted by Crippen LogP contribution is 2.04. The van der Waals surface area contributed by atoms with Crippen molar-refractivity contribution in [2.75, 3.05) is 0 Å². The van der Waals surface area contributed by atoms with Gasteiger partial charge in [-0.05, 0) is 43.8 Å². The van der Waals surface area contributed by atoms with E-state index in [-0.39, 0.29) is 12.5 Å². The fraction of sp³-hybridized carbons (Fsp3) is 0.235. The van der Waals surface area contributed by atoms with E-state index >= 15 is 0 Å². The summed E-state index contributed by atoms with van der Waals surface area (Å²) in [6.45, 7) is 4.48. The van der Waals surface area contributed by atoms with Crippen LogP contribution < -0.4 is 5.32 Å². The van der Waals surface area contributed by atoms with Crippen molar-refractivity contribution in [1.29, 1.82) is 0 Å². The van der Waals surface area contributed by atoms with Crippen molar-refractivity contribution >= 4 is 18.1 Å². The molecule has 3 aromatic rings. The molecule has 124 valence electrons. The van der Waals surface area contributed by atoms with Crippen molar-refractivity contribution in [3.05, 3.63) is 70.5 Å².